The summed E-state index contributed by atoms with van der Waals surface area (Å²) in [5.74, 6) is -0.103. The van der Waals surface area contributed by atoms with Crippen LogP contribution in [-0.4, -0.2) is 18.2 Å². The summed E-state index contributed by atoms with van der Waals surface area (Å²) in [5, 5.41) is 3.81. The Balaban J connectivity index is 2.11. The Kier molecular flexibility index (Phi) is 2.66. The van der Waals surface area contributed by atoms with E-state index in [9.17, 15) is 4.39 Å². The molecule has 0 bridgehead atoms. The van der Waals surface area contributed by atoms with E-state index in [-0.39, 0.29) is 11.7 Å². The summed E-state index contributed by atoms with van der Waals surface area (Å²) >= 11 is 0. The first-order valence-corrected chi connectivity index (χ1v) is 6.02. The summed E-state index contributed by atoms with van der Waals surface area (Å²) in [6.45, 7) is 1.90. The van der Waals surface area contributed by atoms with Crippen LogP contribution >= 0.6 is 0 Å². The van der Waals surface area contributed by atoms with E-state index in [1.165, 1.54) is 6.07 Å². The number of hydrogen-bond acceptors (Lipinski definition) is 4. The molecule has 1 aromatic carbocycles. The van der Waals surface area contributed by atoms with E-state index in [2.05, 4.69) is 10.1 Å². The Labute approximate surface area is 104 Å². The van der Waals surface area contributed by atoms with Gasteiger partial charge in [-0.2, -0.15) is 0 Å². The molecule has 0 amide bonds. The summed E-state index contributed by atoms with van der Waals surface area (Å²) in [5.41, 5.74) is 7.29. The van der Waals surface area contributed by atoms with E-state index >= 15 is 0 Å². The minimum atomic E-state index is -0.298. The number of anilines is 2. The number of aromatic nitrogens is 1. The van der Waals surface area contributed by atoms with Crippen LogP contribution in [-0.2, 0) is 0 Å². The van der Waals surface area contributed by atoms with Gasteiger partial charge < -0.3 is 15.2 Å². The van der Waals surface area contributed by atoms with Crippen LogP contribution in [0.15, 0.2) is 28.8 Å². The van der Waals surface area contributed by atoms with Crippen molar-refractivity contribution < 1.29 is 8.91 Å². The maximum atomic E-state index is 14.0. The van der Waals surface area contributed by atoms with Gasteiger partial charge in [-0.25, -0.2) is 4.39 Å². The average Bonchev–Trinajstić information content (AvgIpc) is 2.99. The molecule has 2 N–H and O–H groups in total. The second kappa shape index (κ2) is 4.33. The Bertz CT molecular complexity index is 561. The largest absolute Gasteiger partial charge is 0.371 e. The van der Waals surface area contributed by atoms with Crippen molar-refractivity contribution in [1.82, 2.24) is 5.16 Å². The molecule has 0 saturated carbocycles. The molecule has 1 fully saturated rings. The first-order chi connectivity index (χ1) is 8.75. The van der Waals surface area contributed by atoms with Crippen molar-refractivity contribution in [3.63, 3.8) is 0 Å². The number of nitrogens with two attached hydrogens (primary N) is 1. The lowest BCUT2D eigenvalue weighted by Crippen LogP contribution is -2.18. The third-order valence-corrected chi connectivity index (χ3v) is 3.22. The van der Waals surface area contributed by atoms with Crippen molar-refractivity contribution in [2.24, 2.45) is 0 Å². The molecular weight excluding hydrogens is 233 g/mol. The highest BCUT2D eigenvalue weighted by Crippen LogP contribution is 2.34. The van der Waals surface area contributed by atoms with Gasteiger partial charge >= 0.3 is 0 Å². The van der Waals surface area contributed by atoms with Crippen LogP contribution in [0.4, 0.5) is 16.0 Å². The van der Waals surface area contributed by atoms with Gasteiger partial charge in [0.2, 0.25) is 5.88 Å². The molecule has 1 aliphatic rings. The average molecular weight is 247 g/mol. The molecular formula is C13H14FN3O. The Hall–Kier alpha value is -2.04. The molecule has 0 radical (unpaired) electrons. The molecule has 0 spiro atoms. The zero-order valence-electron chi connectivity index (χ0n) is 9.90. The molecule has 0 atom stereocenters. The van der Waals surface area contributed by atoms with E-state index in [0.717, 1.165) is 31.6 Å². The van der Waals surface area contributed by atoms with Crippen molar-refractivity contribution in [2.75, 3.05) is 23.7 Å². The van der Waals surface area contributed by atoms with Gasteiger partial charge in [0.15, 0.2) is 0 Å². The first-order valence-electron chi connectivity index (χ1n) is 6.02. The van der Waals surface area contributed by atoms with Crippen molar-refractivity contribution in [1.29, 1.82) is 0 Å². The molecule has 0 aliphatic carbocycles. The van der Waals surface area contributed by atoms with Gasteiger partial charge in [0.25, 0.3) is 0 Å². The molecule has 0 unspecified atom stereocenters. The fraction of sp³-hybridized carbons (Fsp3) is 0.308. The monoisotopic (exact) mass is 247 g/mol. The molecule has 1 aliphatic heterocycles. The number of rotatable bonds is 2. The van der Waals surface area contributed by atoms with Gasteiger partial charge in [0, 0.05) is 24.8 Å². The molecule has 1 aromatic heterocycles. The second-order valence-electron chi connectivity index (χ2n) is 4.44. The fourth-order valence-corrected chi connectivity index (χ4v) is 2.40. The molecule has 3 rings (SSSR count). The summed E-state index contributed by atoms with van der Waals surface area (Å²) in [6.07, 6.45) is 2.27. The van der Waals surface area contributed by atoms with Crippen LogP contribution < -0.4 is 10.6 Å². The third kappa shape index (κ3) is 1.81. The molecule has 2 aromatic rings. The zero-order valence-corrected chi connectivity index (χ0v) is 9.90. The SMILES string of the molecule is Nc1cc(-c2c(F)cccc2N2CCCC2)no1. The number of benzene rings is 1. The van der Waals surface area contributed by atoms with Gasteiger partial charge in [-0.15, -0.1) is 0 Å². The minimum absolute atomic E-state index is 0.195. The zero-order chi connectivity index (χ0) is 12.5. The predicted octanol–water partition coefficient (Wildman–Crippen LogP) is 2.66. The molecule has 1 saturated heterocycles. The molecule has 94 valence electrons. The van der Waals surface area contributed by atoms with E-state index in [4.69, 9.17) is 10.3 Å². The van der Waals surface area contributed by atoms with Crippen LogP contribution in [0.5, 0.6) is 0 Å². The third-order valence-electron chi connectivity index (χ3n) is 3.22. The van der Waals surface area contributed by atoms with E-state index in [1.54, 1.807) is 12.1 Å². The summed E-state index contributed by atoms with van der Waals surface area (Å²) in [7, 11) is 0. The second-order valence-corrected chi connectivity index (χ2v) is 4.44. The van der Waals surface area contributed by atoms with Crippen molar-refractivity contribution in [3.8, 4) is 11.3 Å². The van der Waals surface area contributed by atoms with Gasteiger partial charge in [0.1, 0.15) is 11.5 Å². The highest BCUT2D eigenvalue weighted by molar-refractivity contribution is 5.77. The van der Waals surface area contributed by atoms with Gasteiger partial charge in [0.05, 0.1) is 5.56 Å². The lowest BCUT2D eigenvalue weighted by atomic mass is 10.1. The van der Waals surface area contributed by atoms with Crippen molar-refractivity contribution in [3.05, 3.63) is 30.1 Å². The number of hydrogen-bond donors (Lipinski definition) is 1. The maximum absolute atomic E-state index is 14.0. The van der Waals surface area contributed by atoms with Crippen LogP contribution in [0, 0.1) is 5.82 Å². The quantitative estimate of drug-likeness (QED) is 0.886. The van der Waals surface area contributed by atoms with Gasteiger partial charge in [-0.3, -0.25) is 0 Å². The predicted molar refractivity (Wildman–Crippen MR) is 67.8 cm³/mol. The normalized spacial score (nSPS) is 15.3. The maximum Gasteiger partial charge on any atom is 0.222 e. The lowest BCUT2D eigenvalue weighted by Gasteiger charge is -2.20. The van der Waals surface area contributed by atoms with Crippen LogP contribution in [0.25, 0.3) is 11.3 Å². The number of nitrogens with zero attached hydrogens (tertiary/aromatic N) is 2. The van der Waals surface area contributed by atoms with E-state index in [1.807, 2.05) is 6.07 Å². The first kappa shape index (κ1) is 11.1. The summed E-state index contributed by atoms with van der Waals surface area (Å²) < 4.78 is 18.9. The van der Waals surface area contributed by atoms with E-state index < -0.39 is 0 Å². The Morgan fingerprint density at radius 2 is 2.06 bits per heavy atom. The number of nitrogen functional groups attached to an aromatic ring is 1. The van der Waals surface area contributed by atoms with E-state index in [0.29, 0.717) is 11.3 Å². The molecule has 2 heterocycles. The standard InChI is InChI=1S/C13H14FN3O/c14-9-4-3-5-11(17-6-1-2-7-17)13(9)10-8-12(15)18-16-10/h3-5,8H,1-2,6-7,15H2. The smallest absolute Gasteiger partial charge is 0.222 e. The van der Waals surface area contributed by atoms with Crippen LogP contribution in [0.3, 0.4) is 0 Å². The topological polar surface area (TPSA) is 55.3 Å². The molecule has 5 heteroatoms. The fourth-order valence-electron chi connectivity index (χ4n) is 2.40. The molecule has 4 nitrogen and oxygen atoms in total. The van der Waals surface area contributed by atoms with Crippen molar-refractivity contribution >= 4 is 11.6 Å². The van der Waals surface area contributed by atoms with Gasteiger partial charge in [-0.05, 0) is 25.0 Å². The highest BCUT2D eigenvalue weighted by atomic mass is 19.1. The molecule has 18 heavy (non-hydrogen) atoms. The summed E-state index contributed by atoms with van der Waals surface area (Å²) in [6, 6.07) is 6.61. The Morgan fingerprint density at radius 1 is 1.28 bits per heavy atom. The summed E-state index contributed by atoms with van der Waals surface area (Å²) in [4.78, 5) is 2.17. The van der Waals surface area contributed by atoms with Crippen LogP contribution in [0.2, 0.25) is 0 Å². The Morgan fingerprint density at radius 3 is 2.72 bits per heavy atom. The van der Waals surface area contributed by atoms with Gasteiger partial charge in [-0.1, -0.05) is 11.2 Å². The lowest BCUT2D eigenvalue weighted by molar-refractivity contribution is 0.438. The minimum Gasteiger partial charge on any atom is -0.371 e. The number of halogens is 1. The highest BCUT2D eigenvalue weighted by Gasteiger charge is 2.21. The van der Waals surface area contributed by atoms with Crippen molar-refractivity contribution in [2.45, 2.75) is 12.8 Å². The van der Waals surface area contributed by atoms with Crippen LogP contribution in [0.1, 0.15) is 12.8 Å².